The number of aryl methyl sites for hydroxylation is 2. The Kier molecular flexibility index (Phi) is 7.09. The number of benzene rings is 2. The van der Waals surface area contributed by atoms with Crippen LogP contribution in [0.15, 0.2) is 51.4 Å². The van der Waals surface area contributed by atoms with Gasteiger partial charge in [0.1, 0.15) is 22.6 Å². The molecule has 0 saturated carbocycles. The summed E-state index contributed by atoms with van der Waals surface area (Å²) in [5.41, 5.74) is 3.74. The Labute approximate surface area is 218 Å². The van der Waals surface area contributed by atoms with E-state index in [0.717, 1.165) is 22.2 Å². The molecule has 1 N–H and O–H groups in total. The molecule has 0 amide bonds. The molecule has 8 heteroatoms. The minimum absolute atomic E-state index is 0.229. The molecule has 0 aliphatic rings. The third-order valence-electron chi connectivity index (χ3n) is 5.83. The molecule has 2 heterocycles. The van der Waals surface area contributed by atoms with Crippen molar-refractivity contribution < 1.29 is 23.8 Å². The summed E-state index contributed by atoms with van der Waals surface area (Å²) in [5, 5.41) is 15.2. The fraction of sp³-hybridized carbons (Fsp3) is 0.321. The zero-order valence-corrected chi connectivity index (χ0v) is 22.6. The van der Waals surface area contributed by atoms with Crippen molar-refractivity contribution in [3.05, 3.63) is 75.0 Å². The number of halogens is 1. The van der Waals surface area contributed by atoms with Crippen LogP contribution in [0.3, 0.4) is 0 Å². The number of furan rings is 1. The van der Waals surface area contributed by atoms with Crippen molar-refractivity contribution in [2.45, 2.75) is 59.6 Å². The molecule has 0 aliphatic heterocycles. The summed E-state index contributed by atoms with van der Waals surface area (Å²) >= 11 is 3.68. The van der Waals surface area contributed by atoms with E-state index in [1.807, 2.05) is 65.0 Å². The molecular weight excluding hydrogens is 524 g/mol. The summed E-state index contributed by atoms with van der Waals surface area (Å²) in [5.74, 6) is -0.874. The topological polar surface area (TPSA) is 94.6 Å². The lowest BCUT2D eigenvalue weighted by Crippen LogP contribution is -2.24. The minimum atomic E-state index is -0.981. The van der Waals surface area contributed by atoms with Crippen molar-refractivity contribution in [1.82, 2.24) is 9.78 Å². The van der Waals surface area contributed by atoms with Crippen molar-refractivity contribution in [2.24, 2.45) is 0 Å². The number of hydrogen-bond acceptors (Lipinski definition) is 5. The molecule has 0 fully saturated rings. The lowest BCUT2D eigenvalue weighted by atomic mass is 10.00. The predicted molar refractivity (Wildman–Crippen MR) is 142 cm³/mol. The number of nitrogens with zero attached hydrogens (tertiary/aromatic N) is 2. The molecule has 4 rings (SSSR count). The van der Waals surface area contributed by atoms with E-state index in [4.69, 9.17) is 9.15 Å². The van der Waals surface area contributed by atoms with Gasteiger partial charge in [-0.25, -0.2) is 9.59 Å². The maximum Gasteiger partial charge on any atom is 0.354 e. The number of rotatable bonds is 7. The zero-order valence-electron chi connectivity index (χ0n) is 21.0. The van der Waals surface area contributed by atoms with Crippen molar-refractivity contribution in [3.8, 4) is 11.3 Å². The Morgan fingerprint density at radius 1 is 1.14 bits per heavy atom. The SMILES string of the molecule is CCc1nn(CC)c(C(=O)O)c1Cc1ccc2oc(-c3ccccc3C(=O)OC(C)(C)C)c(Br)c2c1. The van der Waals surface area contributed by atoms with Gasteiger partial charge in [0, 0.05) is 29.5 Å². The van der Waals surface area contributed by atoms with E-state index in [1.54, 1.807) is 16.8 Å². The Balaban J connectivity index is 1.77. The fourth-order valence-electron chi connectivity index (χ4n) is 4.28. The van der Waals surface area contributed by atoms with Crippen LogP contribution in [0.4, 0.5) is 0 Å². The Hall–Kier alpha value is -3.39. The molecule has 0 aliphatic carbocycles. The van der Waals surface area contributed by atoms with E-state index in [9.17, 15) is 14.7 Å². The van der Waals surface area contributed by atoms with Crippen LogP contribution in [0.2, 0.25) is 0 Å². The summed E-state index contributed by atoms with van der Waals surface area (Å²) in [6, 6.07) is 13.0. The monoisotopic (exact) mass is 552 g/mol. The molecule has 0 unspecified atom stereocenters. The summed E-state index contributed by atoms with van der Waals surface area (Å²) < 4.78 is 14.0. The van der Waals surface area contributed by atoms with E-state index in [0.29, 0.717) is 46.3 Å². The van der Waals surface area contributed by atoms with Gasteiger partial charge in [0.25, 0.3) is 0 Å². The molecule has 2 aromatic heterocycles. The highest BCUT2D eigenvalue weighted by Gasteiger charge is 2.25. The first-order valence-corrected chi connectivity index (χ1v) is 12.7. The van der Waals surface area contributed by atoms with E-state index in [-0.39, 0.29) is 5.69 Å². The lowest BCUT2D eigenvalue weighted by Gasteiger charge is -2.20. The molecule has 188 valence electrons. The summed E-state index contributed by atoms with van der Waals surface area (Å²) in [6.45, 7) is 9.83. The standard InChI is InChI=1S/C28H29BrN2O5/c1-6-21-19(24(26(32)33)31(7-2)30-21)14-16-12-13-22-20(15-16)23(29)25(35-22)17-10-8-9-11-18(17)27(34)36-28(3,4)5/h8-13,15H,6-7,14H2,1-5H3,(H,32,33). The maximum atomic E-state index is 12.9. The van der Waals surface area contributed by atoms with E-state index >= 15 is 0 Å². The normalized spacial score (nSPS) is 11.7. The number of esters is 1. The second-order valence-electron chi connectivity index (χ2n) is 9.55. The number of aromatic carboxylic acids is 1. The van der Waals surface area contributed by atoms with E-state index in [2.05, 4.69) is 21.0 Å². The third kappa shape index (κ3) is 4.95. The van der Waals surface area contributed by atoms with Gasteiger partial charge in [-0.1, -0.05) is 31.2 Å². The van der Waals surface area contributed by atoms with Gasteiger partial charge >= 0.3 is 11.9 Å². The van der Waals surface area contributed by atoms with Gasteiger partial charge < -0.3 is 14.3 Å². The molecule has 2 aromatic carbocycles. The average molecular weight is 553 g/mol. The Morgan fingerprint density at radius 3 is 2.50 bits per heavy atom. The lowest BCUT2D eigenvalue weighted by molar-refractivity contribution is 0.00700. The van der Waals surface area contributed by atoms with Gasteiger partial charge in [-0.3, -0.25) is 4.68 Å². The van der Waals surface area contributed by atoms with Crippen LogP contribution in [-0.4, -0.2) is 32.4 Å². The smallest absolute Gasteiger partial charge is 0.354 e. The second-order valence-corrected chi connectivity index (χ2v) is 10.3. The summed E-state index contributed by atoms with van der Waals surface area (Å²) in [6.07, 6.45) is 1.08. The molecule has 7 nitrogen and oxygen atoms in total. The molecule has 36 heavy (non-hydrogen) atoms. The number of carbonyl (C=O) groups is 2. The fourth-order valence-corrected chi connectivity index (χ4v) is 4.89. The first-order chi connectivity index (χ1) is 17.0. The first kappa shape index (κ1) is 25.7. The van der Waals surface area contributed by atoms with Crippen molar-refractivity contribution >= 4 is 38.8 Å². The maximum absolute atomic E-state index is 12.9. The quantitative estimate of drug-likeness (QED) is 0.251. The van der Waals surface area contributed by atoms with Gasteiger partial charge in [-0.15, -0.1) is 0 Å². The highest BCUT2D eigenvalue weighted by molar-refractivity contribution is 9.10. The Morgan fingerprint density at radius 2 is 1.86 bits per heavy atom. The van der Waals surface area contributed by atoms with Crippen LogP contribution in [0.25, 0.3) is 22.3 Å². The molecule has 0 saturated heterocycles. The average Bonchev–Trinajstić information content (AvgIpc) is 3.35. The van der Waals surface area contributed by atoms with Crippen LogP contribution in [-0.2, 0) is 24.1 Å². The van der Waals surface area contributed by atoms with Crippen LogP contribution < -0.4 is 0 Å². The van der Waals surface area contributed by atoms with Crippen LogP contribution in [0.5, 0.6) is 0 Å². The van der Waals surface area contributed by atoms with Gasteiger partial charge in [0.05, 0.1) is 15.7 Å². The molecule has 4 aromatic rings. The summed E-state index contributed by atoms with van der Waals surface area (Å²) in [4.78, 5) is 24.9. The summed E-state index contributed by atoms with van der Waals surface area (Å²) in [7, 11) is 0. The second kappa shape index (κ2) is 9.93. The zero-order chi connectivity index (χ0) is 26.2. The van der Waals surface area contributed by atoms with Crippen LogP contribution >= 0.6 is 15.9 Å². The molecule has 0 spiro atoms. The minimum Gasteiger partial charge on any atom is -0.477 e. The molecule has 0 radical (unpaired) electrons. The highest BCUT2D eigenvalue weighted by Crippen LogP contribution is 2.40. The number of hydrogen-bond donors (Lipinski definition) is 1. The number of carboxylic acid groups (broad SMARTS) is 1. The number of ether oxygens (including phenoxy) is 1. The number of carboxylic acids is 1. The van der Waals surface area contributed by atoms with Crippen LogP contribution in [0.1, 0.15) is 72.3 Å². The van der Waals surface area contributed by atoms with Gasteiger partial charge in [-0.05, 0) is 73.8 Å². The van der Waals surface area contributed by atoms with Gasteiger partial charge in [0.15, 0.2) is 0 Å². The van der Waals surface area contributed by atoms with Crippen molar-refractivity contribution in [1.29, 1.82) is 0 Å². The van der Waals surface area contributed by atoms with Gasteiger partial charge in [-0.2, -0.15) is 5.10 Å². The Bertz CT molecular complexity index is 1460. The van der Waals surface area contributed by atoms with E-state index in [1.165, 1.54) is 0 Å². The van der Waals surface area contributed by atoms with Crippen LogP contribution in [0, 0.1) is 0 Å². The number of fused-ring (bicyclic) bond motifs is 1. The predicted octanol–water partition coefficient (Wildman–Crippen LogP) is 6.89. The van der Waals surface area contributed by atoms with E-state index < -0.39 is 17.5 Å². The largest absolute Gasteiger partial charge is 0.477 e. The van der Waals surface area contributed by atoms with Crippen molar-refractivity contribution in [2.75, 3.05) is 0 Å². The first-order valence-electron chi connectivity index (χ1n) is 11.9. The van der Waals surface area contributed by atoms with Gasteiger partial charge in [0.2, 0.25) is 0 Å². The molecular formula is C28H29BrN2O5. The number of carbonyl (C=O) groups excluding carboxylic acids is 1. The van der Waals surface area contributed by atoms with Crippen molar-refractivity contribution in [3.63, 3.8) is 0 Å². The molecule has 0 bridgehead atoms. The highest BCUT2D eigenvalue weighted by atomic mass is 79.9. The third-order valence-corrected chi connectivity index (χ3v) is 6.62. The number of aromatic nitrogens is 2. The molecule has 0 atom stereocenters.